The zero-order valence-corrected chi connectivity index (χ0v) is 11.0. The number of alkyl halides is 3. The second-order valence-corrected chi connectivity index (χ2v) is 4.32. The van der Waals surface area contributed by atoms with Crippen molar-refractivity contribution >= 4 is 0 Å². The number of rotatable bonds is 3. The van der Waals surface area contributed by atoms with Gasteiger partial charge in [-0.05, 0) is 6.07 Å². The lowest BCUT2D eigenvalue weighted by molar-refractivity contribution is -0.276. The van der Waals surface area contributed by atoms with Crippen LogP contribution in [0.5, 0.6) is 5.88 Å². The Hall–Kier alpha value is -2.90. The topological polar surface area (TPSA) is 63.7 Å². The minimum Gasteiger partial charge on any atom is -0.388 e. The third-order valence-corrected chi connectivity index (χ3v) is 2.83. The number of nitrogens with one attached hydrogen (secondary N) is 1. The van der Waals surface area contributed by atoms with Crippen LogP contribution in [0.4, 0.5) is 13.2 Å². The van der Waals surface area contributed by atoms with Crippen molar-refractivity contribution in [1.29, 1.82) is 0 Å². The molecule has 1 N–H and O–H groups in total. The van der Waals surface area contributed by atoms with Crippen molar-refractivity contribution in [3.05, 3.63) is 48.7 Å². The highest BCUT2D eigenvalue weighted by atomic mass is 19.4. The standard InChI is InChI=1S/C14H9F3N4O/c15-14(16,17)22-11-7-6-10(8-18-11)13-12(19-21-20-13)9-4-2-1-3-5-9/h1-8H,(H,19,20,21). The van der Waals surface area contributed by atoms with Gasteiger partial charge in [-0.25, -0.2) is 4.98 Å². The maximum absolute atomic E-state index is 12.1. The van der Waals surface area contributed by atoms with E-state index in [1.54, 1.807) is 0 Å². The molecular weight excluding hydrogens is 297 g/mol. The Morgan fingerprint density at radius 1 is 0.864 bits per heavy atom. The molecule has 0 aliphatic carbocycles. The quantitative estimate of drug-likeness (QED) is 0.805. The summed E-state index contributed by atoms with van der Waals surface area (Å²) in [7, 11) is 0. The van der Waals surface area contributed by atoms with Crippen molar-refractivity contribution in [2.24, 2.45) is 0 Å². The van der Waals surface area contributed by atoms with E-state index >= 15 is 0 Å². The van der Waals surface area contributed by atoms with Gasteiger partial charge < -0.3 is 4.74 Å². The van der Waals surface area contributed by atoms with Crippen molar-refractivity contribution in [2.75, 3.05) is 0 Å². The zero-order chi connectivity index (χ0) is 15.6. The Bertz CT molecular complexity index is 754. The molecule has 0 bridgehead atoms. The number of H-pyrrole nitrogens is 1. The van der Waals surface area contributed by atoms with Crippen LogP contribution in [0.25, 0.3) is 22.5 Å². The van der Waals surface area contributed by atoms with E-state index in [4.69, 9.17) is 0 Å². The molecule has 0 unspecified atom stereocenters. The summed E-state index contributed by atoms with van der Waals surface area (Å²) in [5.41, 5.74) is 2.45. The molecule has 8 heteroatoms. The molecule has 0 amide bonds. The predicted octanol–water partition coefficient (Wildman–Crippen LogP) is 3.43. The summed E-state index contributed by atoms with van der Waals surface area (Å²) in [5.74, 6) is -0.527. The van der Waals surface area contributed by atoms with Crippen LogP contribution in [-0.2, 0) is 0 Å². The Balaban J connectivity index is 1.91. The maximum Gasteiger partial charge on any atom is 0.574 e. The largest absolute Gasteiger partial charge is 0.574 e. The van der Waals surface area contributed by atoms with Crippen LogP contribution in [0.3, 0.4) is 0 Å². The number of ether oxygens (including phenoxy) is 1. The van der Waals surface area contributed by atoms with Crippen LogP contribution >= 0.6 is 0 Å². The predicted molar refractivity (Wildman–Crippen MR) is 71.7 cm³/mol. The molecule has 0 spiro atoms. The van der Waals surface area contributed by atoms with Gasteiger partial charge in [0, 0.05) is 23.4 Å². The van der Waals surface area contributed by atoms with Gasteiger partial charge in [-0.3, -0.25) is 0 Å². The first-order chi connectivity index (χ1) is 10.5. The second-order valence-electron chi connectivity index (χ2n) is 4.32. The van der Waals surface area contributed by atoms with Gasteiger partial charge in [-0.2, -0.15) is 15.4 Å². The molecule has 0 saturated heterocycles. The van der Waals surface area contributed by atoms with Crippen molar-refractivity contribution in [3.8, 4) is 28.4 Å². The van der Waals surface area contributed by atoms with E-state index in [1.165, 1.54) is 12.3 Å². The molecule has 2 heterocycles. The number of benzene rings is 1. The minimum atomic E-state index is -4.77. The van der Waals surface area contributed by atoms with Gasteiger partial charge in [-0.15, -0.1) is 13.2 Å². The fourth-order valence-corrected chi connectivity index (χ4v) is 1.93. The lowest BCUT2D eigenvalue weighted by atomic mass is 10.1. The van der Waals surface area contributed by atoms with E-state index in [2.05, 4.69) is 25.1 Å². The van der Waals surface area contributed by atoms with Gasteiger partial charge in [0.25, 0.3) is 0 Å². The van der Waals surface area contributed by atoms with E-state index < -0.39 is 12.2 Å². The molecule has 0 aliphatic rings. The average molecular weight is 306 g/mol. The third-order valence-electron chi connectivity index (χ3n) is 2.83. The molecule has 0 radical (unpaired) electrons. The molecule has 2 aromatic heterocycles. The van der Waals surface area contributed by atoms with E-state index in [0.29, 0.717) is 17.0 Å². The Kier molecular flexibility index (Phi) is 3.50. The summed E-state index contributed by atoms with van der Waals surface area (Å²) in [5, 5.41) is 10.6. The molecule has 1 aromatic carbocycles. The lowest BCUT2D eigenvalue weighted by Crippen LogP contribution is -2.17. The molecule has 3 aromatic rings. The monoisotopic (exact) mass is 306 g/mol. The van der Waals surface area contributed by atoms with E-state index in [-0.39, 0.29) is 0 Å². The highest BCUT2D eigenvalue weighted by Crippen LogP contribution is 2.29. The third kappa shape index (κ3) is 3.05. The molecule has 112 valence electrons. The molecule has 5 nitrogen and oxygen atoms in total. The van der Waals surface area contributed by atoms with Crippen molar-refractivity contribution in [2.45, 2.75) is 6.36 Å². The average Bonchev–Trinajstić information content (AvgIpc) is 2.97. The molecule has 3 rings (SSSR count). The summed E-state index contributed by atoms with van der Waals surface area (Å²) in [6, 6.07) is 11.9. The first-order valence-corrected chi connectivity index (χ1v) is 6.21. The van der Waals surface area contributed by atoms with Crippen LogP contribution in [0, 0.1) is 0 Å². The van der Waals surface area contributed by atoms with Gasteiger partial charge in [0.15, 0.2) is 0 Å². The molecule has 0 fully saturated rings. The van der Waals surface area contributed by atoms with E-state index in [9.17, 15) is 13.2 Å². The summed E-state index contributed by atoms with van der Waals surface area (Å²) >= 11 is 0. The molecule has 0 atom stereocenters. The highest BCUT2D eigenvalue weighted by Gasteiger charge is 2.31. The van der Waals surface area contributed by atoms with Gasteiger partial charge in [-0.1, -0.05) is 30.3 Å². The smallest absolute Gasteiger partial charge is 0.388 e. The fourth-order valence-electron chi connectivity index (χ4n) is 1.93. The summed E-state index contributed by atoms with van der Waals surface area (Å²) < 4.78 is 40.1. The summed E-state index contributed by atoms with van der Waals surface area (Å²) in [4.78, 5) is 3.63. The first-order valence-electron chi connectivity index (χ1n) is 6.21. The second kappa shape index (κ2) is 5.47. The van der Waals surface area contributed by atoms with Crippen LogP contribution in [-0.4, -0.2) is 26.8 Å². The molecular formula is C14H9F3N4O. The first kappa shape index (κ1) is 14.1. The number of aromatic amines is 1. The van der Waals surface area contributed by atoms with E-state index in [0.717, 1.165) is 11.6 Å². The molecule has 0 saturated carbocycles. The Morgan fingerprint density at radius 3 is 2.14 bits per heavy atom. The van der Waals surface area contributed by atoms with Gasteiger partial charge >= 0.3 is 6.36 Å². The minimum absolute atomic E-state index is 0.497. The molecule has 0 aliphatic heterocycles. The number of hydrogen-bond donors (Lipinski definition) is 1. The number of aromatic nitrogens is 4. The van der Waals surface area contributed by atoms with Crippen molar-refractivity contribution in [3.63, 3.8) is 0 Å². The summed E-state index contributed by atoms with van der Waals surface area (Å²) in [6.07, 6.45) is -3.51. The van der Waals surface area contributed by atoms with E-state index in [1.807, 2.05) is 30.3 Å². The zero-order valence-electron chi connectivity index (χ0n) is 11.0. The SMILES string of the molecule is FC(F)(F)Oc1ccc(-c2n[nH]nc2-c2ccccc2)cn1. The maximum atomic E-state index is 12.1. The van der Waals surface area contributed by atoms with Crippen LogP contribution in [0.2, 0.25) is 0 Å². The Labute approximate surface area is 122 Å². The fraction of sp³-hybridized carbons (Fsp3) is 0.0714. The van der Waals surface area contributed by atoms with Crippen molar-refractivity contribution < 1.29 is 17.9 Å². The number of nitrogens with zero attached hydrogens (tertiary/aromatic N) is 3. The van der Waals surface area contributed by atoms with Crippen molar-refractivity contribution in [1.82, 2.24) is 20.4 Å². The van der Waals surface area contributed by atoms with Crippen LogP contribution in [0.1, 0.15) is 0 Å². The van der Waals surface area contributed by atoms with Crippen LogP contribution < -0.4 is 4.74 Å². The van der Waals surface area contributed by atoms with Gasteiger partial charge in [0.05, 0.1) is 0 Å². The number of hydrogen-bond acceptors (Lipinski definition) is 4. The molecule has 22 heavy (non-hydrogen) atoms. The summed E-state index contributed by atoms with van der Waals surface area (Å²) in [6.45, 7) is 0. The van der Waals surface area contributed by atoms with Gasteiger partial charge in [0.1, 0.15) is 11.4 Å². The highest BCUT2D eigenvalue weighted by molar-refractivity contribution is 5.76. The van der Waals surface area contributed by atoms with Gasteiger partial charge in [0.2, 0.25) is 5.88 Å². The lowest BCUT2D eigenvalue weighted by Gasteiger charge is -2.07. The normalized spacial score (nSPS) is 11.4. The Morgan fingerprint density at radius 2 is 1.55 bits per heavy atom. The number of halogens is 3. The van der Waals surface area contributed by atoms with Crippen LogP contribution in [0.15, 0.2) is 48.7 Å². The number of pyridine rings is 1.